The van der Waals surface area contributed by atoms with Gasteiger partial charge in [-0.3, -0.25) is 9.78 Å². The van der Waals surface area contributed by atoms with E-state index in [1.54, 1.807) is 6.92 Å². The van der Waals surface area contributed by atoms with E-state index in [2.05, 4.69) is 4.98 Å². The second-order valence-corrected chi connectivity index (χ2v) is 4.72. The number of nitrogens with zero attached hydrogens (tertiary/aromatic N) is 1. The molecular formula is C12H20N2O5. The van der Waals surface area contributed by atoms with Gasteiger partial charge in [0, 0.05) is 31.3 Å². The molecule has 7 nitrogen and oxygen atoms in total. The summed E-state index contributed by atoms with van der Waals surface area (Å²) in [4.78, 5) is 24.9. The van der Waals surface area contributed by atoms with Crippen molar-refractivity contribution < 1.29 is 15.3 Å². The second kappa shape index (κ2) is 6.65. The largest absolute Gasteiger partial charge is 0.396 e. The van der Waals surface area contributed by atoms with Gasteiger partial charge in [0.2, 0.25) is 0 Å². The van der Waals surface area contributed by atoms with Crippen molar-refractivity contribution in [1.82, 2.24) is 9.55 Å². The van der Waals surface area contributed by atoms with E-state index in [0.717, 1.165) is 0 Å². The Morgan fingerprint density at radius 2 is 2.00 bits per heavy atom. The van der Waals surface area contributed by atoms with Gasteiger partial charge in [0.25, 0.3) is 5.56 Å². The average Bonchev–Trinajstić information content (AvgIpc) is 2.36. The number of aliphatic hydroxyl groups excluding tert-OH is 2. The van der Waals surface area contributed by atoms with E-state index in [1.807, 2.05) is 0 Å². The lowest BCUT2D eigenvalue weighted by Crippen LogP contribution is -2.35. The number of H-pyrrole nitrogens is 1. The van der Waals surface area contributed by atoms with E-state index in [4.69, 9.17) is 10.2 Å². The molecule has 108 valence electrons. The summed E-state index contributed by atoms with van der Waals surface area (Å²) in [5, 5.41) is 27.8. The first-order chi connectivity index (χ1) is 8.91. The average molecular weight is 272 g/mol. The molecule has 1 aromatic rings. The van der Waals surface area contributed by atoms with Gasteiger partial charge in [0.1, 0.15) is 0 Å². The molecule has 19 heavy (non-hydrogen) atoms. The summed E-state index contributed by atoms with van der Waals surface area (Å²) >= 11 is 0. The normalized spacial score (nSPS) is 14.3. The predicted octanol–water partition coefficient (Wildman–Crippen LogP) is -1.27. The lowest BCUT2D eigenvalue weighted by Gasteiger charge is -2.24. The van der Waals surface area contributed by atoms with Crippen molar-refractivity contribution in [3.8, 4) is 0 Å². The van der Waals surface area contributed by atoms with Crippen molar-refractivity contribution in [3.63, 3.8) is 0 Å². The second-order valence-electron chi connectivity index (χ2n) is 4.72. The highest BCUT2D eigenvalue weighted by Gasteiger charge is 2.24. The molecule has 0 aliphatic carbocycles. The van der Waals surface area contributed by atoms with Crippen LogP contribution in [0.4, 0.5) is 0 Å². The third kappa shape index (κ3) is 4.30. The lowest BCUT2D eigenvalue weighted by molar-refractivity contribution is -0.0398. The van der Waals surface area contributed by atoms with Gasteiger partial charge in [-0.15, -0.1) is 0 Å². The van der Waals surface area contributed by atoms with Crippen LogP contribution in [0.15, 0.2) is 15.8 Å². The minimum atomic E-state index is -1.32. The molecule has 0 aliphatic heterocycles. The van der Waals surface area contributed by atoms with Gasteiger partial charge in [-0.1, -0.05) is 0 Å². The first kappa shape index (κ1) is 15.6. The summed E-state index contributed by atoms with van der Waals surface area (Å²) in [6, 6.07) is 0. The van der Waals surface area contributed by atoms with Crippen LogP contribution in [-0.2, 0) is 6.54 Å². The molecule has 0 fully saturated rings. The zero-order chi connectivity index (χ0) is 14.5. The molecule has 0 amide bonds. The smallest absolute Gasteiger partial charge is 0.328 e. The fraction of sp³-hybridized carbons (Fsp3) is 0.667. The Kier molecular flexibility index (Phi) is 5.46. The summed E-state index contributed by atoms with van der Waals surface area (Å²) < 4.78 is 1.35. The van der Waals surface area contributed by atoms with E-state index in [-0.39, 0.29) is 19.4 Å². The van der Waals surface area contributed by atoms with Crippen LogP contribution in [0.25, 0.3) is 0 Å². The van der Waals surface area contributed by atoms with E-state index in [1.165, 1.54) is 10.8 Å². The Labute approximate surface area is 110 Å². The van der Waals surface area contributed by atoms with Crippen LogP contribution in [0.3, 0.4) is 0 Å². The zero-order valence-electron chi connectivity index (χ0n) is 10.9. The van der Waals surface area contributed by atoms with E-state index in [0.29, 0.717) is 18.5 Å². The SMILES string of the molecule is Cc1cn(CCC[C@](O)(CO)CCO)c(=O)[nH]c1=O. The van der Waals surface area contributed by atoms with Crippen LogP contribution in [0.2, 0.25) is 0 Å². The molecule has 4 N–H and O–H groups in total. The van der Waals surface area contributed by atoms with Crippen molar-refractivity contribution in [2.45, 2.75) is 38.3 Å². The molecule has 0 saturated heterocycles. The highest BCUT2D eigenvalue weighted by atomic mass is 16.3. The number of hydrogen-bond acceptors (Lipinski definition) is 5. The van der Waals surface area contributed by atoms with Crippen LogP contribution in [0.5, 0.6) is 0 Å². The van der Waals surface area contributed by atoms with Gasteiger partial charge in [0.15, 0.2) is 0 Å². The minimum Gasteiger partial charge on any atom is -0.396 e. The Morgan fingerprint density at radius 3 is 2.58 bits per heavy atom. The molecule has 0 aliphatic rings. The van der Waals surface area contributed by atoms with Gasteiger partial charge < -0.3 is 19.9 Å². The summed E-state index contributed by atoms with van der Waals surface area (Å²) in [5.74, 6) is 0. The van der Waals surface area contributed by atoms with Gasteiger partial charge in [0.05, 0.1) is 12.2 Å². The molecule has 1 aromatic heterocycles. The van der Waals surface area contributed by atoms with Crippen LogP contribution in [0, 0.1) is 6.92 Å². The van der Waals surface area contributed by atoms with Gasteiger partial charge in [-0.2, -0.15) is 0 Å². The Morgan fingerprint density at radius 1 is 1.32 bits per heavy atom. The van der Waals surface area contributed by atoms with Crippen molar-refractivity contribution in [2.24, 2.45) is 0 Å². The molecule has 0 saturated carbocycles. The number of aromatic nitrogens is 2. The molecule has 0 radical (unpaired) electrons. The van der Waals surface area contributed by atoms with Crippen LogP contribution >= 0.6 is 0 Å². The van der Waals surface area contributed by atoms with Crippen molar-refractivity contribution in [1.29, 1.82) is 0 Å². The molecule has 0 unspecified atom stereocenters. The summed E-state index contributed by atoms with van der Waals surface area (Å²) in [6.07, 6.45) is 2.26. The minimum absolute atomic E-state index is 0.0864. The highest BCUT2D eigenvalue weighted by Crippen LogP contribution is 2.16. The van der Waals surface area contributed by atoms with Crippen LogP contribution < -0.4 is 11.2 Å². The van der Waals surface area contributed by atoms with Crippen LogP contribution in [0.1, 0.15) is 24.8 Å². The molecule has 1 heterocycles. The third-order valence-electron chi connectivity index (χ3n) is 3.10. The van der Waals surface area contributed by atoms with Crippen molar-refractivity contribution in [3.05, 3.63) is 32.6 Å². The molecule has 0 bridgehead atoms. The van der Waals surface area contributed by atoms with Gasteiger partial charge >= 0.3 is 5.69 Å². The van der Waals surface area contributed by atoms with Gasteiger partial charge in [-0.25, -0.2) is 4.79 Å². The number of hydrogen-bond donors (Lipinski definition) is 4. The standard InChI is InChI=1S/C12H20N2O5/c1-9-7-14(11(18)13-10(9)17)5-2-3-12(19,8-16)4-6-15/h7,15-16,19H,2-6,8H2,1H3,(H,13,17,18)/t12-/m1/s1. The van der Waals surface area contributed by atoms with E-state index < -0.39 is 23.5 Å². The Hall–Kier alpha value is -1.44. The fourth-order valence-corrected chi connectivity index (χ4v) is 1.85. The van der Waals surface area contributed by atoms with Crippen molar-refractivity contribution in [2.75, 3.05) is 13.2 Å². The Balaban J connectivity index is 2.65. The summed E-state index contributed by atoms with van der Waals surface area (Å²) in [7, 11) is 0. The zero-order valence-corrected chi connectivity index (χ0v) is 10.9. The summed E-state index contributed by atoms with van der Waals surface area (Å²) in [5.41, 5.74) is -1.79. The number of aryl methyl sites for hydroxylation is 2. The molecular weight excluding hydrogens is 252 g/mol. The molecule has 0 aromatic carbocycles. The quantitative estimate of drug-likeness (QED) is 0.494. The van der Waals surface area contributed by atoms with Gasteiger partial charge in [-0.05, 0) is 19.8 Å². The fourth-order valence-electron chi connectivity index (χ4n) is 1.85. The van der Waals surface area contributed by atoms with E-state index in [9.17, 15) is 14.7 Å². The number of aromatic amines is 1. The first-order valence-electron chi connectivity index (χ1n) is 6.16. The number of aliphatic hydroxyl groups is 3. The maximum Gasteiger partial charge on any atom is 0.328 e. The van der Waals surface area contributed by atoms with Crippen molar-refractivity contribution >= 4 is 0 Å². The van der Waals surface area contributed by atoms with Crippen LogP contribution in [-0.4, -0.2) is 43.7 Å². The first-order valence-corrected chi connectivity index (χ1v) is 6.16. The maximum absolute atomic E-state index is 11.5. The predicted molar refractivity (Wildman–Crippen MR) is 69.0 cm³/mol. The van der Waals surface area contributed by atoms with E-state index >= 15 is 0 Å². The molecule has 1 atom stereocenters. The monoisotopic (exact) mass is 272 g/mol. The Bertz CT molecular complexity index is 522. The third-order valence-corrected chi connectivity index (χ3v) is 3.10. The molecule has 1 rings (SSSR count). The highest BCUT2D eigenvalue weighted by molar-refractivity contribution is 5.00. The summed E-state index contributed by atoms with van der Waals surface area (Å²) in [6.45, 7) is 1.27. The molecule has 0 spiro atoms. The number of rotatable bonds is 7. The lowest BCUT2D eigenvalue weighted by atomic mass is 9.95. The topological polar surface area (TPSA) is 116 Å². The number of nitrogens with one attached hydrogen (secondary N) is 1. The molecule has 7 heteroatoms. The maximum atomic E-state index is 11.5.